The molecule has 2 aromatic carbocycles. The first-order chi connectivity index (χ1) is 6.20. The Balaban J connectivity index is 2.94. The molecule has 0 amide bonds. The van der Waals surface area contributed by atoms with E-state index in [-0.39, 0.29) is 0 Å². The summed E-state index contributed by atoms with van der Waals surface area (Å²) in [5, 5.41) is 3.09. The number of nitrogens with two attached hydrogens (primary N) is 1. The van der Waals surface area contributed by atoms with Crippen LogP contribution in [0.3, 0.4) is 0 Å². The van der Waals surface area contributed by atoms with Crippen LogP contribution in [-0.4, -0.2) is 0 Å². The van der Waals surface area contributed by atoms with Gasteiger partial charge >= 0.3 is 0 Å². The van der Waals surface area contributed by atoms with Gasteiger partial charge in [0.2, 0.25) is 0 Å². The molecule has 0 fully saturated rings. The zero-order chi connectivity index (χ0) is 9.42. The molecule has 0 heterocycles. The molecular formula is C10H7Cl2N. The molecule has 13 heavy (non-hydrogen) atoms. The van der Waals surface area contributed by atoms with Crippen LogP contribution in [0.25, 0.3) is 10.8 Å². The normalized spacial score (nSPS) is 10.6. The van der Waals surface area contributed by atoms with Gasteiger partial charge in [0, 0.05) is 15.8 Å². The number of halogens is 2. The van der Waals surface area contributed by atoms with Crippen LogP contribution < -0.4 is 5.73 Å². The maximum absolute atomic E-state index is 6.01. The predicted molar refractivity (Wildman–Crippen MR) is 58.4 cm³/mol. The average Bonchev–Trinajstić information content (AvgIpc) is 2.12. The van der Waals surface area contributed by atoms with Gasteiger partial charge in [-0.15, -0.1) is 0 Å². The zero-order valence-corrected chi connectivity index (χ0v) is 8.23. The Morgan fingerprint density at radius 2 is 1.69 bits per heavy atom. The van der Waals surface area contributed by atoms with Crippen LogP contribution in [0, 0.1) is 0 Å². The van der Waals surface area contributed by atoms with Gasteiger partial charge in [0.1, 0.15) is 0 Å². The molecule has 0 spiro atoms. The second-order valence-corrected chi connectivity index (χ2v) is 3.59. The molecule has 0 aliphatic carbocycles. The summed E-state index contributed by atoms with van der Waals surface area (Å²) < 4.78 is 0. The number of hydrogen-bond donors (Lipinski definition) is 1. The number of benzene rings is 2. The molecule has 0 bridgehead atoms. The minimum atomic E-state index is 0.569. The summed E-state index contributed by atoms with van der Waals surface area (Å²) in [6, 6.07) is 9.22. The van der Waals surface area contributed by atoms with Gasteiger partial charge in [-0.1, -0.05) is 41.4 Å². The number of rotatable bonds is 0. The molecule has 0 aliphatic heterocycles. The molecule has 3 heteroatoms. The zero-order valence-electron chi connectivity index (χ0n) is 6.72. The van der Waals surface area contributed by atoms with E-state index in [1.54, 1.807) is 6.07 Å². The number of anilines is 1. The van der Waals surface area contributed by atoms with Gasteiger partial charge in [0.25, 0.3) is 0 Å². The van der Waals surface area contributed by atoms with Gasteiger partial charge in [-0.05, 0) is 12.1 Å². The Morgan fingerprint density at radius 1 is 0.923 bits per heavy atom. The third kappa shape index (κ3) is 1.34. The molecule has 0 saturated carbocycles. The first kappa shape index (κ1) is 8.67. The molecule has 2 rings (SSSR count). The Labute approximate surface area is 86.1 Å². The SMILES string of the molecule is Nc1ccc2c(Cl)cccc2c1Cl. The van der Waals surface area contributed by atoms with E-state index in [0.29, 0.717) is 15.7 Å². The van der Waals surface area contributed by atoms with Crippen molar-refractivity contribution >= 4 is 39.7 Å². The minimum Gasteiger partial charge on any atom is -0.398 e. The summed E-state index contributed by atoms with van der Waals surface area (Å²) in [5.41, 5.74) is 6.24. The maximum atomic E-state index is 6.01. The molecule has 66 valence electrons. The Morgan fingerprint density at radius 3 is 2.46 bits per heavy atom. The monoisotopic (exact) mass is 211 g/mol. The third-order valence-corrected chi connectivity index (χ3v) is 2.72. The smallest absolute Gasteiger partial charge is 0.0714 e. The van der Waals surface area contributed by atoms with E-state index in [0.717, 1.165) is 10.8 Å². The number of fused-ring (bicyclic) bond motifs is 1. The molecule has 0 saturated heterocycles. The molecule has 0 unspecified atom stereocenters. The van der Waals surface area contributed by atoms with Crippen molar-refractivity contribution in [3.8, 4) is 0 Å². The predicted octanol–water partition coefficient (Wildman–Crippen LogP) is 3.73. The molecule has 0 aliphatic rings. The van der Waals surface area contributed by atoms with Crippen molar-refractivity contribution in [2.75, 3.05) is 5.73 Å². The van der Waals surface area contributed by atoms with Crippen LogP contribution in [0.5, 0.6) is 0 Å². The van der Waals surface area contributed by atoms with Gasteiger partial charge < -0.3 is 5.73 Å². The minimum absolute atomic E-state index is 0.569. The maximum Gasteiger partial charge on any atom is 0.0714 e. The standard InChI is InChI=1S/C10H7Cl2N/c11-8-3-1-2-7-6(8)4-5-9(13)10(7)12/h1-5H,13H2. The third-order valence-electron chi connectivity index (χ3n) is 1.97. The van der Waals surface area contributed by atoms with Gasteiger partial charge in [-0.3, -0.25) is 0 Å². The molecule has 2 aromatic rings. The van der Waals surface area contributed by atoms with Crippen molar-refractivity contribution in [3.05, 3.63) is 40.4 Å². The topological polar surface area (TPSA) is 26.0 Å². The second kappa shape index (κ2) is 3.09. The van der Waals surface area contributed by atoms with Gasteiger partial charge in [-0.25, -0.2) is 0 Å². The lowest BCUT2D eigenvalue weighted by Crippen LogP contribution is -1.86. The fourth-order valence-electron chi connectivity index (χ4n) is 1.30. The Bertz CT molecular complexity index is 466. The molecule has 2 N–H and O–H groups in total. The lowest BCUT2D eigenvalue weighted by molar-refractivity contribution is 1.72. The van der Waals surface area contributed by atoms with Crippen molar-refractivity contribution in [3.63, 3.8) is 0 Å². The molecule has 0 aromatic heterocycles. The van der Waals surface area contributed by atoms with Crippen LogP contribution in [0.4, 0.5) is 5.69 Å². The summed E-state index contributed by atoms with van der Waals surface area (Å²) in [4.78, 5) is 0. The van der Waals surface area contributed by atoms with E-state index in [9.17, 15) is 0 Å². The summed E-state index contributed by atoms with van der Waals surface area (Å²) in [5.74, 6) is 0. The average molecular weight is 212 g/mol. The Hall–Kier alpha value is -0.920. The fraction of sp³-hybridized carbons (Fsp3) is 0. The van der Waals surface area contributed by atoms with E-state index < -0.39 is 0 Å². The summed E-state index contributed by atoms with van der Waals surface area (Å²) in [7, 11) is 0. The van der Waals surface area contributed by atoms with Gasteiger partial charge in [0.15, 0.2) is 0 Å². The van der Waals surface area contributed by atoms with Crippen LogP contribution in [-0.2, 0) is 0 Å². The second-order valence-electron chi connectivity index (χ2n) is 2.80. The highest BCUT2D eigenvalue weighted by molar-refractivity contribution is 6.41. The fourth-order valence-corrected chi connectivity index (χ4v) is 1.76. The van der Waals surface area contributed by atoms with E-state index in [2.05, 4.69) is 0 Å². The summed E-state index contributed by atoms with van der Waals surface area (Å²) >= 11 is 12.0. The molecule has 0 radical (unpaired) electrons. The summed E-state index contributed by atoms with van der Waals surface area (Å²) in [6.07, 6.45) is 0. The Kier molecular flexibility index (Phi) is 2.06. The number of hydrogen-bond acceptors (Lipinski definition) is 1. The van der Waals surface area contributed by atoms with Crippen molar-refractivity contribution in [1.82, 2.24) is 0 Å². The van der Waals surface area contributed by atoms with Crippen LogP contribution in [0.15, 0.2) is 30.3 Å². The molecular weight excluding hydrogens is 205 g/mol. The first-order valence-electron chi connectivity index (χ1n) is 3.82. The van der Waals surface area contributed by atoms with Crippen LogP contribution >= 0.6 is 23.2 Å². The molecule has 1 nitrogen and oxygen atoms in total. The van der Waals surface area contributed by atoms with E-state index in [4.69, 9.17) is 28.9 Å². The first-order valence-corrected chi connectivity index (χ1v) is 4.58. The summed E-state index contributed by atoms with van der Waals surface area (Å²) in [6.45, 7) is 0. The van der Waals surface area contributed by atoms with E-state index >= 15 is 0 Å². The van der Waals surface area contributed by atoms with Crippen LogP contribution in [0.2, 0.25) is 10.0 Å². The molecule has 0 atom stereocenters. The van der Waals surface area contributed by atoms with Crippen molar-refractivity contribution in [1.29, 1.82) is 0 Å². The lowest BCUT2D eigenvalue weighted by Gasteiger charge is -2.04. The highest BCUT2D eigenvalue weighted by atomic mass is 35.5. The van der Waals surface area contributed by atoms with Gasteiger partial charge in [-0.2, -0.15) is 0 Å². The van der Waals surface area contributed by atoms with E-state index in [1.165, 1.54) is 0 Å². The highest BCUT2D eigenvalue weighted by Gasteiger charge is 2.04. The lowest BCUT2D eigenvalue weighted by atomic mass is 10.1. The van der Waals surface area contributed by atoms with E-state index in [1.807, 2.05) is 24.3 Å². The van der Waals surface area contributed by atoms with Gasteiger partial charge in [0.05, 0.1) is 10.7 Å². The van der Waals surface area contributed by atoms with Crippen LogP contribution in [0.1, 0.15) is 0 Å². The quantitative estimate of drug-likeness (QED) is 0.661. The van der Waals surface area contributed by atoms with Crippen molar-refractivity contribution < 1.29 is 0 Å². The van der Waals surface area contributed by atoms with Crippen molar-refractivity contribution in [2.45, 2.75) is 0 Å². The highest BCUT2D eigenvalue weighted by Crippen LogP contribution is 2.32. The number of nitrogen functional groups attached to an aromatic ring is 1. The largest absolute Gasteiger partial charge is 0.398 e. The van der Waals surface area contributed by atoms with Crippen molar-refractivity contribution in [2.24, 2.45) is 0 Å².